The van der Waals surface area contributed by atoms with Crippen LogP contribution < -0.4 is 19.5 Å². The van der Waals surface area contributed by atoms with Gasteiger partial charge in [0.2, 0.25) is 0 Å². The number of hydrogen-bond acceptors (Lipinski definition) is 4. The van der Waals surface area contributed by atoms with E-state index in [0.717, 1.165) is 0 Å². The summed E-state index contributed by atoms with van der Waals surface area (Å²) in [5.41, 5.74) is -2.44. The third-order valence-corrected chi connectivity index (χ3v) is 4.16. The van der Waals surface area contributed by atoms with Crippen molar-refractivity contribution in [3.8, 4) is 17.2 Å². The van der Waals surface area contributed by atoms with E-state index >= 15 is 0 Å². The third kappa shape index (κ3) is 6.43. The zero-order valence-electron chi connectivity index (χ0n) is 16.6. The van der Waals surface area contributed by atoms with Crippen LogP contribution >= 0.6 is 0 Å². The standard InChI is InChI=1S/C20H19F6NO4/c1-11(18(28)27-10-12-4-5-16(29-2)17(6-12)30-3)31-15-8-13(19(21,22)23)7-14(9-15)20(24,25)26/h4-9,11H,10H2,1-3H3,(H,27,28). The minimum absolute atomic E-state index is 0.0171. The molecule has 2 rings (SSSR count). The smallest absolute Gasteiger partial charge is 0.416 e. The lowest BCUT2D eigenvalue weighted by Gasteiger charge is -2.18. The maximum Gasteiger partial charge on any atom is 0.416 e. The van der Waals surface area contributed by atoms with Crippen LogP contribution in [-0.2, 0) is 23.7 Å². The van der Waals surface area contributed by atoms with Gasteiger partial charge in [0.05, 0.1) is 25.3 Å². The summed E-state index contributed by atoms with van der Waals surface area (Å²) in [6.07, 6.45) is -11.4. The number of methoxy groups -OCH3 is 2. The fourth-order valence-electron chi connectivity index (χ4n) is 2.58. The zero-order valence-corrected chi connectivity index (χ0v) is 16.6. The van der Waals surface area contributed by atoms with Crippen LogP contribution in [0.5, 0.6) is 17.2 Å². The Morgan fingerprint density at radius 2 is 1.45 bits per heavy atom. The van der Waals surface area contributed by atoms with E-state index in [1.807, 2.05) is 0 Å². The first-order chi connectivity index (χ1) is 14.3. The second-order valence-electron chi connectivity index (χ2n) is 6.41. The first kappa shape index (κ1) is 24.2. The molecule has 0 saturated carbocycles. The highest BCUT2D eigenvalue weighted by molar-refractivity contribution is 5.80. The SMILES string of the molecule is COc1ccc(CNC(=O)C(C)Oc2cc(C(F)(F)F)cc(C(F)(F)F)c2)cc1OC. The first-order valence-electron chi connectivity index (χ1n) is 8.80. The van der Waals surface area contributed by atoms with Crippen molar-refractivity contribution < 1.29 is 45.3 Å². The third-order valence-electron chi connectivity index (χ3n) is 4.16. The Kier molecular flexibility index (Phi) is 7.29. The van der Waals surface area contributed by atoms with Gasteiger partial charge in [0, 0.05) is 6.54 Å². The second kappa shape index (κ2) is 9.36. The normalized spacial score (nSPS) is 12.8. The minimum Gasteiger partial charge on any atom is -0.493 e. The number of amides is 1. The first-order valence-corrected chi connectivity index (χ1v) is 8.80. The number of halogens is 6. The van der Waals surface area contributed by atoms with Crippen molar-refractivity contribution in [3.05, 3.63) is 53.1 Å². The molecule has 31 heavy (non-hydrogen) atoms. The van der Waals surface area contributed by atoms with Crippen LogP contribution in [0.15, 0.2) is 36.4 Å². The van der Waals surface area contributed by atoms with Crippen molar-refractivity contribution in [2.75, 3.05) is 14.2 Å². The lowest BCUT2D eigenvalue weighted by atomic mass is 10.1. The molecule has 11 heteroatoms. The van der Waals surface area contributed by atoms with Crippen molar-refractivity contribution in [1.82, 2.24) is 5.32 Å². The highest BCUT2D eigenvalue weighted by Gasteiger charge is 2.37. The van der Waals surface area contributed by atoms with Crippen molar-refractivity contribution in [2.45, 2.75) is 31.9 Å². The van der Waals surface area contributed by atoms with Crippen LogP contribution in [0.3, 0.4) is 0 Å². The van der Waals surface area contributed by atoms with Gasteiger partial charge in [-0.3, -0.25) is 4.79 Å². The molecule has 1 atom stereocenters. The molecular formula is C20H19F6NO4. The van der Waals surface area contributed by atoms with Gasteiger partial charge in [-0.2, -0.15) is 26.3 Å². The fourth-order valence-corrected chi connectivity index (χ4v) is 2.58. The maximum absolute atomic E-state index is 12.9. The van der Waals surface area contributed by atoms with E-state index in [0.29, 0.717) is 29.2 Å². The Hall–Kier alpha value is -3.11. The molecule has 0 radical (unpaired) electrons. The van der Waals surface area contributed by atoms with Gasteiger partial charge in [-0.1, -0.05) is 6.07 Å². The fraction of sp³-hybridized carbons (Fsp3) is 0.350. The number of carbonyl (C=O) groups is 1. The Balaban J connectivity index is 2.12. The predicted molar refractivity (Wildman–Crippen MR) is 97.9 cm³/mol. The summed E-state index contributed by atoms with van der Waals surface area (Å²) >= 11 is 0. The Labute approximate surface area is 173 Å². The topological polar surface area (TPSA) is 56.8 Å². The van der Waals surface area contributed by atoms with Crippen molar-refractivity contribution in [1.29, 1.82) is 0 Å². The Morgan fingerprint density at radius 1 is 0.903 bits per heavy atom. The molecule has 1 N–H and O–H groups in total. The van der Waals surface area contributed by atoms with Crippen LogP contribution in [0.2, 0.25) is 0 Å². The van der Waals surface area contributed by atoms with E-state index in [1.54, 1.807) is 18.2 Å². The Morgan fingerprint density at radius 3 is 1.94 bits per heavy atom. The molecule has 0 saturated heterocycles. The van der Waals surface area contributed by atoms with Crippen molar-refractivity contribution in [3.63, 3.8) is 0 Å². The van der Waals surface area contributed by atoms with E-state index in [4.69, 9.17) is 14.2 Å². The Bertz CT molecular complexity index is 895. The molecule has 0 spiro atoms. The number of rotatable bonds is 7. The lowest BCUT2D eigenvalue weighted by Crippen LogP contribution is -2.36. The predicted octanol–water partition coefficient (Wildman–Crippen LogP) is 4.83. The number of benzene rings is 2. The van der Waals surface area contributed by atoms with Gasteiger partial charge < -0.3 is 19.5 Å². The van der Waals surface area contributed by atoms with Gasteiger partial charge >= 0.3 is 12.4 Å². The van der Waals surface area contributed by atoms with Gasteiger partial charge in [-0.25, -0.2) is 0 Å². The maximum atomic E-state index is 12.9. The molecule has 5 nitrogen and oxygen atoms in total. The monoisotopic (exact) mass is 451 g/mol. The second-order valence-corrected chi connectivity index (χ2v) is 6.41. The van der Waals surface area contributed by atoms with Crippen molar-refractivity contribution >= 4 is 5.91 Å². The van der Waals surface area contributed by atoms with Crippen LogP contribution in [0.4, 0.5) is 26.3 Å². The number of carbonyl (C=O) groups excluding carboxylic acids is 1. The van der Waals surface area contributed by atoms with Gasteiger partial charge in [0.15, 0.2) is 17.6 Å². The summed E-state index contributed by atoms with van der Waals surface area (Å²) in [6.45, 7) is 1.22. The largest absolute Gasteiger partial charge is 0.493 e. The zero-order chi connectivity index (χ0) is 23.4. The summed E-state index contributed by atoms with van der Waals surface area (Å²) in [5.74, 6) is -0.571. The van der Waals surface area contributed by atoms with E-state index in [1.165, 1.54) is 21.1 Å². The number of nitrogens with one attached hydrogen (secondary N) is 1. The van der Waals surface area contributed by atoms with Gasteiger partial charge in [-0.15, -0.1) is 0 Å². The van der Waals surface area contributed by atoms with Crippen LogP contribution in [0.1, 0.15) is 23.6 Å². The van der Waals surface area contributed by atoms with E-state index in [2.05, 4.69) is 5.32 Å². The molecule has 0 fully saturated rings. The van der Waals surface area contributed by atoms with E-state index in [-0.39, 0.29) is 12.6 Å². The van der Waals surface area contributed by atoms with Gasteiger partial charge in [0.25, 0.3) is 5.91 Å². The minimum atomic E-state index is -5.02. The number of hydrogen-bond donors (Lipinski definition) is 1. The molecule has 170 valence electrons. The summed E-state index contributed by atoms with van der Waals surface area (Å²) in [6, 6.07) is 5.67. The summed E-state index contributed by atoms with van der Waals surface area (Å²) in [7, 11) is 2.89. The average Bonchev–Trinajstić information content (AvgIpc) is 2.70. The molecule has 0 aliphatic rings. The highest BCUT2D eigenvalue weighted by Crippen LogP contribution is 2.38. The molecule has 0 bridgehead atoms. The van der Waals surface area contributed by atoms with Gasteiger partial charge in [-0.05, 0) is 42.8 Å². The highest BCUT2D eigenvalue weighted by atomic mass is 19.4. The molecular weight excluding hydrogens is 432 g/mol. The summed E-state index contributed by atoms with van der Waals surface area (Å²) in [5, 5.41) is 2.49. The van der Waals surface area contributed by atoms with E-state index < -0.39 is 41.2 Å². The van der Waals surface area contributed by atoms with Crippen LogP contribution in [0.25, 0.3) is 0 Å². The van der Waals surface area contributed by atoms with Crippen molar-refractivity contribution in [2.24, 2.45) is 0 Å². The lowest BCUT2D eigenvalue weighted by molar-refractivity contribution is -0.143. The number of alkyl halides is 6. The molecule has 2 aromatic rings. The molecule has 0 aliphatic heterocycles. The number of ether oxygens (including phenoxy) is 3. The van der Waals surface area contributed by atoms with Gasteiger partial charge in [0.1, 0.15) is 5.75 Å². The molecule has 0 aliphatic carbocycles. The quantitative estimate of drug-likeness (QED) is 0.613. The van der Waals surface area contributed by atoms with Crippen LogP contribution in [-0.4, -0.2) is 26.2 Å². The van der Waals surface area contributed by atoms with Crippen LogP contribution in [0, 0.1) is 0 Å². The molecule has 1 amide bonds. The molecule has 0 heterocycles. The summed E-state index contributed by atoms with van der Waals surface area (Å²) in [4.78, 5) is 12.2. The molecule has 0 aromatic heterocycles. The molecule has 1 unspecified atom stereocenters. The molecule has 2 aromatic carbocycles. The van der Waals surface area contributed by atoms with E-state index in [9.17, 15) is 31.1 Å². The summed E-state index contributed by atoms with van der Waals surface area (Å²) < 4.78 is 92.9. The average molecular weight is 451 g/mol.